The van der Waals surface area contributed by atoms with Crippen molar-refractivity contribution in [1.82, 2.24) is 4.90 Å². The number of halogens is 1. The topological polar surface area (TPSA) is 51.1 Å². The number of rotatable bonds is 6. The Kier molecular flexibility index (Phi) is 6.97. The lowest BCUT2D eigenvalue weighted by molar-refractivity contribution is -0.122. The van der Waals surface area contributed by atoms with Crippen molar-refractivity contribution >= 4 is 51.5 Å². The Bertz CT molecular complexity index is 689. The molecule has 2 rings (SSSR count). The average Bonchev–Trinajstić information content (AvgIpc) is 2.85. The number of nitrogens with zero attached hydrogens (tertiary/aromatic N) is 2. The lowest BCUT2D eigenvalue weighted by atomic mass is 10.2. The molecule has 0 radical (unpaired) electrons. The van der Waals surface area contributed by atoms with Gasteiger partial charge < -0.3 is 9.47 Å². The maximum Gasteiger partial charge on any atom is 0.266 e. The highest BCUT2D eigenvalue weighted by atomic mass is 127. The maximum atomic E-state index is 12.5. The Morgan fingerprint density at radius 1 is 1.33 bits per heavy atom. The Balaban J connectivity index is 2.39. The van der Waals surface area contributed by atoms with Crippen LogP contribution < -0.4 is 9.47 Å². The van der Waals surface area contributed by atoms with Crippen molar-refractivity contribution in [2.24, 2.45) is 4.99 Å². The summed E-state index contributed by atoms with van der Waals surface area (Å²) < 4.78 is 12.0. The second-order valence-corrected chi connectivity index (χ2v) is 7.06. The molecule has 0 unspecified atom stereocenters. The largest absolute Gasteiger partial charge is 0.493 e. The Morgan fingerprint density at radius 2 is 2.08 bits per heavy atom. The summed E-state index contributed by atoms with van der Waals surface area (Å²) in [6.07, 6.45) is 1.88. The SMILES string of the molecule is CCN=C1S/C(=C\c2cc(I)c(OCC)c(OC)c2)C(=O)N1CC. The number of ether oxygens (including phenoxy) is 2. The predicted molar refractivity (Wildman–Crippen MR) is 108 cm³/mol. The third-order valence-electron chi connectivity index (χ3n) is 3.34. The molecule has 1 aliphatic rings. The van der Waals surface area contributed by atoms with Crippen LogP contribution >= 0.6 is 34.4 Å². The van der Waals surface area contributed by atoms with E-state index in [2.05, 4.69) is 27.6 Å². The lowest BCUT2D eigenvalue weighted by Crippen LogP contribution is -2.28. The van der Waals surface area contributed by atoms with Gasteiger partial charge in [-0.1, -0.05) is 0 Å². The van der Waals surface area contributed by atoms with Gasteiger partial charge in [0.25, 0.3) is 5.91 Å². The zero-order valence-electron chi connectivity index (χ0n) is 14.3. The van der Waals surface area contributed by atoms with E-state index >= 15 is 0 Å². The molecule has 0 bridgehead atoms. The van der Waals surface area contributed by atoms with Crippen molar-refractivity contribution in [3.8, 4) is 11.5 Å². The third kappa shape index (κ3) is 4.05. The van der Waals surface area contributed by atoms with Crippen molar-refractivity contribution < 1.29 is 14.3 Å². The average molecular weight is 460 g/mol. The van der Waals surface area contributed by atoms with Gasteiger partial charge in [-0.15, -0.1) is 0 Å². The second-order valence-electron chi connectivity index (χ2n) is 4.88. The van der Waals surface area contributed by atoms with Gasteiger partial charge in [-0.2, -0.15) is 0 Å². The monoisotopic (exact) mass is 460 g/mol. The maximum absolute atomic E-state index is 12.5. The van der Waals surface area contributed by atoms with Crippen LogP contribution in [0.3, 0.4) is 0 Å². The summed E-state index contributed by atoms with van der Waals surface area (Å²) in [5.74, 6) is 1.40. The van der Waals surface area contributed by atoms with Gasteiger partial charge in [0.2, 0.25) is 0 Å². The number of hydrogen-bond donors (Lipinski definition) is 0. The fraction of sp³-hybridized carbons (Fsp3) is 0.412. The van der Waals surface area contributed by atoms with Crippen LogP contribution in [-0.4, -0.2) is 42.8 Å². The van der Waals surface area contributed by atoms with E-state index in [-0.39, 0.29) is 5.91 Å². The minimum absolute atomic E-state index is 0.00226. The highest BCUT2D eigenvalue weighted by Gasteiger charge is 2.31. The summed E-state index contributed by atoms with van der Waals surface area (Å²) in [6, 6.07) is 3.87. The molecule has 1 saturated heterocycles. The Morgan fingerprint density at radius 3 is 2.67 bits per heavy atom. The van der Waals surface area contributed by atoms with Crippen LogP contribution in [0.15, 0.2) is 22.0 Å². The number of thioether (sulfide) groups is 1. The van der Waals surface area contributed by atoms with Gasteiger partial charge >= 0.3 is 0 Å². The van der Waals surface area contributed by atoms with Crippen molar-refractivity contribution in [3.63, 3.8) is 0 Å². The van der Waals surface area contributed by atoms with Crippen LogP contribution in [-0.2, 0) is 4.79 Å². The summed E-state index contributed by atoms with van der Waals surface area (Å²) in [6.45, 7) is 7.71. The summed E-state index contributed by atoms with van der Waals surface area (Å²) in [4.78, 5) is 19.3. The summed E-state index contributed by atoms with van der Waals surface area (Å²) >= 11 is 3.64. The smallest absolute Gasteiger partial charge is 0.266 e. The van der Waals surface area contributed by atoms with E-state index in [9.17, 15) is 4.79 Å². The van der Waals surface area contributed by atoms with Crippen LogP contribution in [0.4, 0.5) is 0 Å². The zero-order chi connectivity index (χ0) is 17.7. The first-order valence-corrected chi connectivity index (χ1v) is 9.71. The van der Waals surface area contributed by atoms with E-state index in [1.807, 2.05) is 39.0 Å². The van der Waals surface area contributed by atoms with Gasteiger partial charge in [-0.3, -0.25) is 14.7 Å². The van der Waals surface area contributed by atoms with E-state index in [4.69, 9.17) is 9.47 Å². The first kappa shape index (κ1) is 19.1. The zero-order valence-corrected chi connectivity index (χ0v) is 17.2. The minimum Gasteiger partial charge on any atom is -0.493 e. The number of hydrogen-bond acceptors (Lipinski definition) is 5. The Hall–Kier alpha value is -1.22. The highest BCUT2D eigenvalue weighted by Crippen LogP contribution is 2.37. The first-order valence-electron chi connectivity index (χ1n) is 7.81. The summed E-state index contributed by atoms with van der Waals surface area (Å²) in [5.41, 5.74) is 0.907. The molecule has 5 nitrogen and oxygen atoms in total. The molecule has 0 spiro atoms. The normalized spacial score (nSPS) is 17.9. The molecular weight excluding hydrogens is 439 g/mol. The second kappa shape index (κ2) is 8.75. The molecule has 1 aromatic carbocycles. The number of aliphatic imine (C=N–C) groups is 1. The molecule has 7 heteroatoms. The molecule has 0 aliphatic carbocycles. The van der Waals surface area contributed by atoms with Crippen LogP contribution in [0.2, 0.25) is 0 Å². The lowest BCUT2D eigenvalue weighted by Gasteiger charge is -2.12. The molecule has 1 fully saturated rings. The van der Waals surface area contributed by atoms with Crippen LogP contribution in [0.1, 0.15) is 26.3 Å². The molecule has 1 aromatic rings. The third-order valence-corrected chi connectivity index (χ3v) is 5.18. The predicted octanol–water partition coefficient (Wildman–Crippen LogP) is 4.01. The number of amidine groups is 1. The van der Waals surface area contributed by atoms with Gasteiger partial charge in [-0.05, 0) is 78.9 Å². The van der Waals surface area contributed by atoms with Gasteiger partial charge in [0.1, 0.15) is 0 Å². The van der Waals surface area contributed by atoms with E-state index in [1.54, 1.807) is 12.0 Å². The van der Waals surface area contributed by atoms with Crippen molar-refractivity contribution in [1.29, 1.82) is 0 Å². The van der Waals surface area contributed by atoms with E-state index < -0.39 is 0 Å². The van der Waals surface area contributed by atoms with Crippen molar-refractivity contribution in [2.75, 3.05) is 26.8 Å². The van der Waals surface area contributed by atoms with Gasteiger partial charge in [-0.25, -0.2) is 0 Å². The standard InChI is InChI=1S/C17H21IN2O3S/c1-5-19-17-20(6-2)16(21)14(24-17)10-11-8-12(18)15(23-7-3)13(9-11)22-4/h8-10H,5-7H2,1-4H3/b14-10-,19-17?. The number of methoxy groups -OCH3 is 1. The fourth-order valence-corrected chi connectivity index (χ4v) is 4.18. The van der Waals surface area contributed by atoms with E-state index in [1.165, 1.54) is 11.8 Å². The van der Waals surface area contributed by atoms with E-state index in [0.29, 0.717) is 30.4 Å². The molecule has 130 valence electrons. The Labute approximate surface area is 160 Å². The molecule has 1 amide bonds. The van der Waals surface area contributed by atoms with Crippen molar-refractivity contribution in [2.45, 2.75) is 20.8 Å². The van der Waals surface area contributed by atoms with Crippen molar-refractivity contribution in [3.05, 3.63) is 26.2 Å². The number of carbonyl (C=O) groups is 1. The number of carbonyl (C=O) groups excluding carboxylic acids is 1. The quantitative estimate of drug-likeness (QED) is 0.476. The number of benzene rings is 1. The molecule has 0 N–H and O–H groups in total. The van der Waals surface area contributed by atoms with Gasteiger partial charge in [0, 0.05) is 13.1 Å². The summed E-state index contributed by atoms with van der Waals surface area (Å²) in [7, 11) is 1.62. The molecule has 1 heterocycles. The highest BCUT2D eigenvalue weighted by molar-refractivity contribution is 14.1. The first-order chi connectivity index (χ1) is 11.5. The van der Waals surface area contributed by atoms with E-state index in [0.717, 1.165) is 20.1 Å². The van der Waals surface area contributed by atoms with Crippen LogP contribution in [0.5, 0.6) is 11.5 Å². The molecule has 0 atom stereocenters. The molecule has 1 aliphatic heterocycles. The summed E-state index contributed by atoms with van der Waals surface area (Å²) in [5, 5.41) is 0.767. The molecular formula is C17H21IN2O3S. The number of likely N-dealkylation sites (N-methyl/N-ethyl adjacent to an activating group) is 1. The van der Waals surface area contributed by atoms with Crippen LogP contribution in [0, 0.1) is 3.57 Å². The molecule has 0 aromatic heterocycles. The van der Waals surface area contributed by atoms with Gasteiger partial charge in [0.15, 0.2) is 16.7 Å². The molecule has 24 heavy (non-hydrogen) atoms. The minimum atomic E-state index is -0.00226. The van der Waals surface area contributed by atoms with Gasteiger partial charge in [0.05, 0.1) is 22.2 Å². The number of amides is 1. The molecule has 0 saturated carbocycles. The fourth-order valence-electron chi connectivity index (χ4n) is 2.30. The van der Waals surface area contributed by atoms with Crippen LogP contribution in [0.25, 0.3) is 6.08 Å².